The Labute approximate surface area is 71.0 Å². The van der Waals surface area contributed by atoms with E-state index in [1.807, 2.05) is 6.08 Å². The molecule has 0 unspecified atom stereocenters. The van der Waals surface area contributed by atoms with Crippen molar-refractivity contribution in [2.45, 2.75) is 25.7 Å². The SMILES string of the molecule is O=C(O)CCC1=CC=C(O)CC1. The van der Waals surface area contributed by atoms with Crippen LogP contribution in [0.15, 0.2) is 23.5 Å². The number of aliphatic carboxylic acids is 1. The number of allylic oxidation sites excluding steroid dienone is 4. The van der Waals surface area contributed by atoms with E-state index in [1.165, 1.54) is 0 Å². The lowest BCUT2D eigenvalue weighted by Crippen LogP contribution is -1.98. The molecule has 0 heterocycles. The molecule has 3 nitrogen and oxygen atoms in total. The van der Waals surface area contributed by atoms with Crippen LogP contribution in [0.3, 0.4) is 0 Å². The molecule has 1 aliphatic carbocycles. The highest BCUT2D eigenvalue weighted by molar-refractivity contribution is 5.67. The van der Waals surface area contributed by atoms with Gasteiger partial charge in [-0.1, -0.05) is 11.6 Å². The van der Waals surface area contributed by atoms with Gasteiger partial charge in [-0.25, -0.2) is 0 Å². The van der Waals surface area contributed by atoms with E-state index in [-0.39, 0.29) is 6.42 Å². The van der Waals surface area contributed by atoms with E-state index >= 15 is 0 Å². The average Bonchev–Trinajstić information content (AvgIpc) is 2.03. The highest BCUT2D eigenvalue weighted by atomic mass is 16.4. The summed E-state index contributed by atoms with van der Waals surface area (Å²) in [6.07, 6.45) is 5.66. The second kappa shape index (κ2) is 3.95. The van der Waals surface area contributed by atoms with Crippen LogP contribution >= 0.6 is 0 Å². The highest BCUT2D eigenvalue weighted by Crippen LogP contribution is 2.19. The first kappa shape index (κ1) is 8.84. The molecule has 66 valence electrons. The molecule has 0 aromatic heterocycles. The molecule has 0 atom stereocenters. The first-order valence-corrected chi connectivity index (χ1v) is 3.98. The van der Waals surface area contributed by atoms with Gasteiger partial charge in [0.15, 0.2) is 0 Å². The fraction of sp³-hybridized carbons (Fsp3) is 0.444. The van der Waals surface area contributed by atoms with E-state index in [9.17, 15) is 4.79 Å². The molecule has 0 spiro atoms. The summed E-state index contributed by atoms with van der Waals surface area (Å²) < 4.78 is 0. The van der Waals surface area contributed by atoms with Crippen LogP contribution in [0.1, 0.15) is 25.7 Å². The molecule has 1 rings (SSSR count). The number of carboxylic acid groups (broad SMARTS) is 1. The summed E-state index contributed by atoms with van der Waals surface area (Å²) in [7, 11) is 0. The first-order chi connectivity index (χ1) is 5.68. The number of rotatable bonds is 3. The van der Waals surface area contributed by atoms with E-state index < -0.39 is 5.97 Å². The second-order valence-corrected chi connectivity index (χ2v) is 2.88. The standard InChI is InChI=1S/C9H12O3/c10-8-4-1-7(2-5-8)3-6-9(11)12/h1,4,10H,2-3,5-6H2,(H,11,12). The van der Waals surface area contributed by atoms with E-state index in [2.05, 4.69) is 0 Å². The van der Waals surface area contributed by atoms with Crippen molar-refractivity contribution in [2.24, 2.45) is 0 Å². The van der Waals surface area contributed by atoms with Crippen LogP contribution in [0.25, 0.3) is 0 Å². The Morgan fingerprint density at radius 3 is 2.67 bits per heavy atom. The third-order valence-electron chi connectivity index (χ3n) is 1.87. The molecule has 1 aliphatic rings. The number of carbonyl (C=O) groups is 1. The lowest BCUT2D eigenvalue weighted by Gasteiger charge is -2.09. The first-order valence-electron chi connectivity index (χ1n) is 3.98. The van der Waals surface area contributed by atoms with Gasteiger partial charge in [-0.2, -0.15) is 0 Å². The van der Waals surface area contributed by atoms with E-state index in [0.29, 0.717) is 18.6 Å². The number of aliphatic hydroxyl groups is 1. The molecule has 0 aliphatic heterocycles. The Bertz CT molecular complexity index is 238. The van der Waals surface area contributed by atoms with Gasteiger partial charge in [0.2, 0.25) is 0 Å². The number of carboxylic acids is 1. The monoisotopic (exact) mass is 168 g/mol. The summed E-state index contributed by atoms with van der Waals surface area (Å²) in [5.74, 6) is -0.385. The molecule has 0 saturated carbocycles. The van der Waals surface area contributed by atoms with Crippen LogP contribution in [-0.2, 0) is 4.79 Å². The van der Waals surface area contributed by atoms with Crippen LogP contribution in [-0.4, -0.2) is 16.2 Å². The normalized spacial score (nSPS) is 16.7. The zero-order chi connectivity index (χ0) is 8.97. The van der Waals surface area contributed by atoms with Crippen molar-refractivity contribution in [3.05, 3.63) is 23.5 Å². The summed E-state index contributed by atoms with van der Waals surface area (Å²) in [5.41, 5.74) is 1.11. The van der Waals surface area contributed by atoms with Gasteiger partial charge >= 0.3 is 5.97 Å². The summed E-state index contributed by atoms with van der Waals surface area (Å²) in [5, 5.41) is 17.4. The van der Waals surface area contributed by atoms with Crippen molar-refractivity contribution in [3.63, 3.8) is 0 Å². The Morgan fingerprint density at radius 1 is 1.42 bits per heavy atom. The maximum absolute atomic E-state index is 10.2. The third kappa shape index (κ3) is 2.78. The lowest BCUT2D eigenvalue weighted by atomic mass is 10.00. The van der Waals surface area contributed by atoms with Crippen molar-refractivity contribution in [1.82, 2.24) is 0 Å². The van der Waals surface area contributed by atoms with Crippen LogP contribution in [0.4, 0.5) is 0 Å². The quantitative estimate of drug-likeness (QED) is 0.677. The summed E-state index contributed by atoms with van der Waals surface area (Å²) in [6.45, 7) is 0. The largest absolute Gasteiger partial charge is 0.512 e. The molecule has 0 amide bonds. The van der Waals surface area contributed by atoms with Crippen molar-refractivity contribution in [3.8, 4) is 0 Å². The van der Waals surface area contributed by atoms with E-state index in [1.54, 1.807) is 6.08 Å². The Balaban J connectivity index is 2.39. The molecular formula is C9H12O3. The van der Waals surface area contributed by atoms with Gasteiger partial charge in [-0.15, -0.1) is 0 Å². The van der Waals surface area contributed by atoms with Crippen LogP contribution in [0.2, 0.25) is 0 Å². The van der Waals surface area contributed by atoms with Crippen molar-refractivity contribution in [1.29, 1.82) is 0 Å². The maximum Gasteiger partial charge on any atom is 0.303 e. The van der Waals surface area contributed by atoms with Gasteiger partial charge in [-0.05, 0) is 18.9 Å². The second-order valence-electron chi connectivity index (χ2n) is 2.88. The minimum Gasteiger partial charge on any atom is -0.512 e. The van der Waals surface area contributed by atoms with Crippen LogP contribution in [0.5, 0.6) is 0 Å². The van der Waals surface area contributed by atoms with Gasteiger partial charge < -0.3 is 10.2 Å². The number of aliphatic hydroxyl groups excluding tert-OH is 1. The fourth-order valence-corrected chi connectivity index (χ4v) is 1.15. The Morgan fingerprint density at radius 2 is 2.17 bits per heavy atom. The molecule has 12 heavy (non-hydrogen) atoms. The predicted molar refractivity (Wildman–Crippen MR) is 44.9 cm³/mol. The zero-order valence-electron chi connectivity index (χ0n) is 6.79. The summed E-state index contributed by atoms with van der Waals surface area (Å²) in [4.78, 5) is 10.2. The average molecular weight is 168 g/mol. The van der Waals surface area contributed by atoms with Gasteiger partial charge in [-0.3, -0.25) is 4.79 Å². The van der Waals surface area contributed by atoms with E-state index in [0.717, 1.165) is 12.0 Å². The molecule has 0 aromatic rings. The zero-order valence-corrected chi connectivity index (χ0v) is 6.79. The van der Waals surface area contributed by atoms with Gasteiger partial charge in [0.25, 0.3) is 0 Å². The summed E-state index contributed by atoms with van der Waals surface area (Å²) in [6, 6.07) is 0. The molecule has 0 aromatic carbocycles. The minimum absolute atomic E-state index is 0.181. The topological polar surface area (TPSA) is 57.5 Å². The van der Waals surface area contributed by atoms with Crippen LogP contribution in [0, 0.1) is 0 Å². The van der Waals surface area contributed by atoms with Crippen molar-refractivity contribution < 1.29 is 15.0 Å². The number of hydrogen-bond acceptors (Lipinski definition) is 2. The third-order valence-corrected chi connectivity index (χ3v) is 1.87. The van der Waals surface area contributed by atoms with Gasteiger partial charge in [0.05, 0.1) is 5.76 Å². The van der Waals surface area contributed by atoms with Crippen molar-refractivity contribution in [2.75, 3.05) is 0 Å². The molecular weight excluding hydrogens is 156 g/mol. The minimum atomic E-state index is -0.769. The lowest BCUT2D eigenvalue weighted by molar-refractivity contribution is -0.136. The van der Waals surface area contributed by atoms with Gasteiger partial charge in [0.1, 0.15) is 0 Å². The highest BCUT2D eigenvalue weighted by Gasteiger charge is 2.06. The number of hydrogen-bond donors (Lipinski definition) is 2. The maximum atomic E-state index is 10.2. The summed E-state index contributed by atoms with van der Waals surface area (Å²) >= 11 is 0. The Kier molecular flexibility index (Phi) is 2.91. The van der Waals surface area contributed by atoms with Gasteiger partial charge in [0, 0.05) is 12.8 Å². The molecule has 2 N–H and O–H groups in total. The molecule has 0 bridgehead atoms. The van der Waals surface area contributed by atoms with Crippen LogP contribution < -0.4 is 0 Å². The molecule has 0 saturated heterocycles. The molecule has 0 radical (unpaired) electrons. The Hall–Kier alpha value is -1.25. The fourth-order valence-electron chi connectivity index (χ4n) is 1.15. The van der Waals surface area contributed by atoms with Crippen molar-refractivity contribution >= 4 is 5.97 Å². The predicted octanol–water partition coefficient (Wildman–Crippen LogP) is 2.01. The molecule has 3 heteroatoms. The molecule has 0 fully saturated rings. The smallest absolute Gasteiger partial charge is 0.303 e. The van der Waals surface area contributed by atoms with E-state index in [4.69, 9.17) is 10.2 Å².